The summed E-state index contributed by atoms with van der Waals surface area (Å²) in [5, 5.41) is 0. The molecular formula is C12H17NO4. The molecule has 0 saturated heterocycles. The number of rotatable bonds is 3. The number of ether oxygens (including phenoxy) is 2. The molecule has 17 heavy (non-hydrogen) atoms. The minimum atomic E-state index is -0.391. The van der Waals surface area contributed by atoms with Gasteiger partial charge in [-0.1, -0.05) is 18.7 Å². The van der Waals surface area contributed by atoms with Gasteiger partial charge in [-0.15, -0.1) is 0 Å². The van der Waals surface area contributed by atoms with Crippen molar-refractivity contribution in [3.05, 3.63) is 24.3 Å². The normalized spacial score (nSPS) is 19.3. The molecule has 0 spiro atoms. The predicted octanol–water partition coefficient (Wildman–Crippen LogP) is 1.50. The highest BCUT2D eigenvalue weighted by Gasteiger charge is 2.27. The molecule has 1 atom stereocenters. The van der Waals surface area contributed by atoms with Crippen LogP contribution in [0.25, 0.3) is 0 Å². The summed E-state index contributed by atoms with van der Waals surface area (Å²) < 4.78 is 9.59. The molecule has 0 aliphatic carbocycles. The molecule has 1 aliphatic rings. The van der Waals surface area contributed by atoms with E-state index in [4.69, 9.17) is 4.74 Å². The summed E-state index contributed by atoms with van der Waals surface area (Å²) in [5.74, 6) is -0.337. The molecule has 94 valence electrons. The SMILES string of the molecule is C=CCOC(=O)N1CC=C(C(=O)OC)C[C@@H]1C. The molecule has 0 fully saturated rings. The molecule has 1 rings (SSSR count). The van der Waals surface area contributed by atoms with E-state index >= 15 is 0 Å². The van der Waals surface area contributed by atoms with Crippen LogP contribution in [-0.2, 0) is 14.3 Å². The summed E-state index contributed by atoms with van der Waals surface area (Å²) in [6, 6.07) is -0.0774. The smallest absolute Gasteiger partial charge is 0.410 e. The molecule has 0 aromatic carbocycles. The van der Waals surface area contributed by atoms with E-state index in [2.05, 4.69) is 11.3 Å². The number of nitrogens with zero attached hydrogens (tertiary/aromatic N) is 1. The average Bonchev–Trinajstić information content (AvgIpc) is 2.34. The van der Waals surface area contributed by atoms with E-state index in [0.29, 0.717) is 18.5 Å². The van der Waals surface area contributed by atoms with Crippen LogP contribution >= 0.6 is 0 Å². The highest BCUT2D eigenvalue weighted by molar-refractivity contribution is 5.89. The lowest BCUT2D eigenvalue weighted by atomic mass is 10.0. The average molecular weight is 239 g/mol. The highest BCUT2D eigenvalue weighted by Crippen LogP contribution is 2.19. The monoisotopic (exact) mass is 239 g/mol. The van der Waals surface area contributed by atoms with Crippen LogP contribution in [0.2, 0.25) is 0 Å². The van der Waals surface area contributed by atoms with Gasteiger partial charge >= 0.3 is 12.1 Å². The molecule has 0 aromatic rings. The second-order valence-electron chi connectivity index (χ2n) is 3.79. The standard InChI is InChI=1S/C12H17NO4/c1-4-7-17-12(15)13-6-5-10(8-9(13)2)11(14)16-3/h4-5,9H,1,6-8H2,2-3H3/t9-/m0/s1. The van der Waals surface area contributed by atoms with Crippen molar-refractivity contribution in [3.63, 3.8) is 0 Å². The van der Waals surface area contributed by atoms with Crippen molar-refractivity contribution in [1.82, 2.24) is 4.90 Å². The van der Waals surface area contributed by atoms with E-state index in [1.54, 1.807) is 11.0 Å². The van der Waals surface area contributed by atoms with Crippen molar-refractivity contribution in [2.45, 2.75) is 19.4 Å². The molecule has 0 radical (unpaired) electrons. The first-order valence-corrected chi connectivity index (χ1v) is 5.41. The minimum absolute atomic E-state index is 0.0774. The van der Waals surface area contributed by atoms with Crippen molar-refractivity contribution in [3.8, 4) is 0 Å². The van der Waals surface area contributed by atoms with Crippen LogP contribution < -0.4 is 0 Å². The fourth-order valence-electron chi connectivity index (χ4n) is 1.67. The van der Waals surface area contributed by atoms with Crippen LogP contribution in [0.1, 0.15) is 13.3 Å². The first kappa shape index (κ1) is 13.3. The number of amides is 1. The molecule has 1 aliphatic heterocycles. The lowest BCUT2D eigenvalue weighted by Gasteiger charge is -2.31. The molecule has 5 heteroatoms. The Bertz CT molecular complexity index is 348. The third kappa shape index (κ3) is 3.34. The molecule has 0 saturated carbocycles. The first-order valence-electron chi connectivity index (χ1n) is 5.41. The summed E-state index contributed by atoms with van der Waals surface area (Å²) in [5.41, 5.74) is 0.604. The molecule has 0 unspecified atom stereocenters. The van der Waals surface area contributed by atoms with Gasteiger partial charge in [0.15, 0.2) is 0 Å². The van der Waals surface area contributed by atoms with E-state index in [0.717, 1.165) is 0 Å². The lowest BCUT2D eigenvalue weighted by Crippen LogP contribution is -2.42. The van der Waals surface area contributed by atoms with Crippen molar-refractivity contribution >= 4 is 12.1 Å². The van der Waals surface area contributed by atoms with E-state index in [9.17, 15) is 9.59 Å². The molecule has 1 heterocycles. The second-order valence-corrected chi connectivity index (χ2v) is 3.79. The quantitative estimate of drug-likeness (QED) is 0.553. The predicted molar refractivity (Wildman–Crippen MR) is 62.4 cm³/mol. The van der Waals surface area contributed by atoms with Crippen molar-refractivity contribution in [2.24, 2.45) is 0 Å². The molecule has 0 N–H and O–H groups in total. The fraction of sp³-hybridized carbons (Fsp3) is 0.500. The number of methoxy groups -OCH3 is 1. The van der Waals surface area contributed by atoms with Gasteiger partial charge in [0.1, 0.15) is 6.61 Å². The van der Waals surface area contributed by atoms with Gasteiger partial charge in [0, 0.05) is 18.2 Å². The number of esters is 1. The Hall–Kier alpha value is -1.78. The van der Waals surface area contributed by atoms with Crippen molar-refractivity contribution in [1.29, 1.82) is 0 Å². The topological polar surface area (TPSA) is 55.8 Å². The third-order valence-electron chi connectivity index (χ3n) is 2.59. The summed E-state index contributed by atoms with van der Waals surface area (Å²) >= 11 is 0. The van der Waals surface area contributed by atoms with E-state index < -0.39 is 6.09 Å². The van der Waals surface area contributed by atoms with Crippen LogP contribution in [0, 0.1) is 0 Å². The number of hydrogen-bond donors (Lipinski definition) is 0. The number of carbonyl (C=O) groups excluding carboxylic acids is 2. The lowest BCUT2D eigenvalue weighted by molar-refractivity contribution is -0.136. The largest absolute Gasteiger partial charge is 0.466 e. The van der Waals surface area contributed by atoms with E-state index in [1.807, 2.05) is 6.92 Å². The third-order valence-corrected chi connectivity index (χ3v) is 2.59. The highest BCUT2D eigenvalue weighted by atomic mass is 16.6. The molecule has 0 bridgehead atoms. The fourth-order valence-corrected chi connectivity index (χ4v) is 1.67. The molecule has 5 nitrogen and oxygen atoms in total. The van der Waals surface area contributed by atoms with Gasteiger partial charge in [-0.25, -0.2) is 9.59 Å². The van der Waals surface area contributed by atoms with Crippen LogP contribution in [0.15, 0.2) is 24.3 Å². The van der Waals surface area contributed by atoms with Gasteiger partial charge in [0.05, 0.1) is 7.11 Å². The van der Waals surface area contributed by atoms with Gasteiger partial charge in [-0.2, -0.15) is 0 Å². The summed E-state index contributed by atoms with van der Waals surface area (Å²) in [6.45, 7) is 5.89. The minimum Gasteiger partial charge on any atom is -0.466 e. The Morgan fingerprint density at radius 3 is 2.88 bits per heavy atom. The van der Waals surface area contributed by atoms with Gasteiger partial charge in [-0.05, 0) is 13.3 Å². The molecule has 1 amide bonds. The van der Waals surface area contributed by atoms with Gasteiger partial charge in [-0.3, -0.25) is 0 Å². The Labute approximate surface area is 101 Å². The van der Waals surface area contributed by atoms with Crippen molar-refractivity contribution in [2.75, 3.05) is 20.3 Å². The van der Waals surface area contributed by atoms with Crippen LogP contribution in [-0.4, -0.2) is 43.3 Å². The first-order chi connectivity index (χ1) is 8.10. The second kappa shape index (κ2) is 6.08. The van der Waals surface area contributed by atoms with Gasteiger partial charge in [0.2, 0.25) is 0 Å². The Morgan fingerprint density at radius 2 is 2.35 bits per heavy atom. The number of carbonyl (C=O) groups is 2. The van der Waals surface area contributed by atoms with Gasteiger partial charge in [0.25, 0.3) is 0 Å². The zero-order valence-corrected chi connectivity index (χ0v) is 10.1. The van der Waals surface area contributed by atoms with Crippen LogP contribution in [0.3, 0.4) is 0 Å². The number of hydrogen-bond acceptors (Lipinski definition) is 4. The maximum Gasteiger partial charge on any atom is 0.410 e. The zero-order valence-electron chi connectivity index (χ0n) is 10.1. The summed E-state index contributed by atoms with van der Waals surface area (Å²) in [6.07, 6.45) is 3.30. The van der Waals surface area contributed by atoms with Crippen molar-refractivity contribution < 1.29 is 19.1 Å². The van der Waals surface area contributed by atoms with E-state index in [-0.39, 0.29) is 18.6 Å². The Morgan fingerprint density at radius 1 is 1.65 bits per heavy atom. The Kier molecular flexibility index (Phi) is 4.75. The maximum atomic E-state index is 11.6. The maximum absolute atomic E-state index is 11.6. The summed E-state index contributed by atoms with van der Waals surface area (Å²) in [4.78, 5) is 24.5. The summed E-state index contributed by atoms with van der Waals surface area (Å²) in [7, 11) is 1.35. The van der Waals surface area contributed by atoms with Crippen LogP contribution in [0.4, 0.5) is 4.79 Å². The Balaban J connectivity index is 2.62. The zero-order chi connectivity index (χ0) is 12.8. The van der Waals surface area contributed by atoms with Gasteiger partial charge < -0.3 is 14.4 Å². The van der Waals surface area contributed by atoms with Crippen LogP contribution in [0.5, 0.6) is 0 Å². The molecule has 0 aromatic heterocycles. The van der Waals surface area contributed by atoms with E-state index in [1.165, 1.54) is 13.2 Å². The molecular weight excluding hydrogens is 222 g/mol.